The van der Waals surface area contributed by atoms with Crippen molar-refractivity contribution >= 4 is 17.0 Å². The number of imidazole rings is 1. The zero-order valence-electron chi connectivity index (χ0n) is 11.9. The molecule has 2 rings (SSSR count). The third kappa shape index (κ3) is 2.48. The van der Waals surface area contributed by atoms with E-state index in [4.69, 9.17) is 5.11 Å². The molecule has 19 heavy (non-hydrogen) atoms. The van der Waals surface area contributed by atoms with Crippen molar-refractivity contribution in [2.45, 2.75) is 39.0 Å². The molecule has 0 spiro atoms. The van der Waals surface area contributed by atoms with Gasteiger partial charge in [-0.25, -0.2) is 4.98 Å². The molecular formula is C15H20N2O2. The summed E-state index contributed by atoms with van der Waals surface area (Å²) in [5.41, 5.74) is 2.69. The van der Waals surface area contributed by atoms with Gasteiger partial charge in [-0.2, -0.15) is 0 Å². The van der Waals surface area contributed by atoms with Crippen molar-refractivity contribution in [1.29, 1.82) is 0 Å². The van der Waals surface area contributed by atoms with Gasteiger partial charge in [-0.1, -0.05) is 26.8 Å². The van der Waals surface area contributed by atoms with E-state index in [1.54, 1.807) is 0 Å². The summed E-state index contributed by atoms with van der Waals surface area (Å²) in [5.74, 6) is 0.271. The monoisotopic (exact) mass is 260 g/mol. The summed E-state index contributed by atoms with van der Waals surface area (Å²) in [7, 11) is 2.00. The summed E-state index contributed by atoms with van der Waals surface area (Å²) in [6.07, 6.45) is 1.01. The van der Waals surface area contributed by atoms with Crippen LogP contribution in [0.15, 0.2) is 18.2 Å². The summed E-state index contributed by atoms with van der Waals surface area (Å²) in [5, 5.41) is 9.00. The van der Waals surface area contributed by atoms with Crippen LogP contribution in [0.5, 0.6) is 0 Å². The van der Waals surface area contributed by atoms with E-state index < -0.39 is 5.97 Å². The molecule has 0 fully saturated rings. The van der Waals surface area contributed by atoms with Crippen LogP contribution in [0.4, 0.5) is 0 Å². The maximum absolute atomic E-state index is 11.0. The maximum Gasteiger partial charge on any atom is 0.304 e. The second kappa shape index (κ2) is 4.68. The normalized spacial score (nSPS) is 12.0. The number of aromatic nitrogens is 2. The lowest BCUT2D eigenvalue weighted by Crippen LogP contribution is -2.21. The molecule has 0 amide bonds. The van der Waals surface area contributed by atoms with Gasteiger partial charge in [0.2, 0.25) is 0 Å². The Hall–Kier alpha value is -1.84. The van der Waals surface area contributed by atoms with Crippen LogP contribution < -0.4 is 0 Å². The minimum absolute atomic E-state index is 0.122. The summed E-state index contributed by atoms with van der Waals surface area (Å²) in [6, 6.07) is 6.02. The van der Waals surface area contributed by atoms with E-state index in [2.05, 4.69) is 22.5 Å². The predicted molar refractivity (Wildman–Crippen MR) is 75.4 cm³/mol. The Bertz CT molecular complexity index is 626. The molecular weight excluding hydrogens is 240 g/mol. The largest absolute Gasteiger partial charge is 0.481 e. The lowest BCUT2D eigenvalue weighted by atomic mass is 9.81. The zero-order chi connectivity index (χ0) is 14.2. The molecule has 0 saturated carbocycles. The second-order valence-corrected chi connectivity index (χ2v) is 5.60. The van der Waals surface area contributed by atoms with Crippen molar-refractivity contribution in [2.75, 3.05) is 0 Å². The molecule has 2 aromatic rings. The van der Waals surface area contributed by atoms with Gasteiger partial charge < -0.3 is 9.67 Å². The molecule has 0 radical (unpaired) electrons. The molecule has 4 heteroatoms. The first-order valence-electron chi connectivity index (χ1n) is 6.53. The number of rotatable bonds is 4. The van der Waals surface area contributed by atoms with Gasteiger partial charge in [-0.3, -0.25) is 4.79 Å². The topological polar surface area (TPSA) is 55.1 Å². The van der Waals surface area contributed by atoms with E-state index in [1.807, 2.05) is 33.0 Å². The molecule has 1 N–H and O–H groups in total. The third-order valence-corrected chi connectivity index (χ3v) is 3.66. The quantitative estimate of drug-likeness (QED) is 0.919. The van der Waals surface area contributed by atoms with Gasteiger partial charge in [0.15, 0.2) is 0 Å². The maximum atomic E-state index is 11.0. The predicted octanol–water partition coefficient (Wildman–Crippen LogP) is 2.89. The van der Waals surface area contributed by atoms with Gasteiger partial charge in [0.25, 0.3) is 0 Å². The van der Waals surface area contributed by atoms with E-state index in [9.17, 15) is 4.79 Å². The third-order valence-electron chi connectivity index (χ3n) is 3.66. The van der Waals surface area contributed by atoms with Gasteiger partial charge in [0.05, 0.1) is 17.5 Å². The molecule has 1 aromatic heterocycles. The van der Waals surface area contributed by atoms with Crippen LogP contribution in [-0.2, 0) is 23.7 Å². The van der Waals surface area contributed by atoms with E-state index in [1.165, 1.54) is 0 Å². The lowest BCUT2D eigenvalue weighted by Gasteiger charge is -2.23. The van der Waals surface area contributed by atoms with Crippen molar-refractivity contribution in [1.82, 2.24) is 9.55 Å². The number of hydrogen-bond acceptors (Lipinski definition) is 2. The molecule has 1 heterocycles. The number of hydrogen-bond donors (Lipinski definition) is 1. The van der Waals surface area contributed by atoms with Crippen LogP contribution in [0.2, 0.25) is 0 Å². The van der Waals surface area contributed by atoms with Crippen LogP contribution in [-0.4, -0.2) is 20.6 Å². The summed E-state index contributed by atoms with van der Waals surface area (Å²) in [6.45, 7) is 6.00. The number of nitrogens with zero attached hydrogens (tertiary/aromatic N) is 2. The highest BCUT2D eigenvalue weighted by atomic mass is 16.4. The molecule has 0 atom stereocenters. The first-order chi connectivity index (χ1) is 8.85. The minimum Gasteiger partial charge on any atom is -0.481 e. The molecule has 102 valence electrons. The standard InChI is InChI=1S/C15H20N2O2/c1-5-13-16-11-7-6-10(8-12(11)17(13)4)15(2,3)9-14(18)19/h6-8H,5,9H2,1-4H3,(H,18,19). The fourth-order valence-electron chi connectivity index (χ4n) is 2.46. The van der Waals surface area contributed by atoms with E-state index in [0.717, 1.165) is 28.8 Å². The zero-order valence-corrected chi connectivity index (χ0v) is 11.9. The molecule has 1 aromatic carbocycles. The minimum atomic E-state index is -0.774. The van der Waals surface area contributed by atoms with Gasteiger partial charge in [-0.15, -0.1) is 0 Å². The Kier molecular flexibility index (Phi) is 3.35. The van der Waals surface area contributed by atoms with Crippen molar-refractivity contribution in [3.63, 3.8) is 0 Å². The number of carbonyl (C=O) groups is 1. The Morgan fingerprint density at radius 2 is 2.11 bits per heavy atom. The van der Waals surface area contributed by atoms with E-state index >= 15 is 0 Å². The number of carboxylic acid groups (broad SMARTS) is 1. The Labute approximate surface area is 113 Å². The molecule has 0 unspecified atom stereocenters. The lowest BCUT2D eigenvalue weighted by molar-refractivity contribution is -0.138. The number of benzene rings is 1. The van der Waals surface area contributed by atoms with Crippen LogP contribution in [0.25, 0.3) is 11.0 Å². The van der Waals surface area contributed by atoms with Crippen molar-refractivity contribution in [2.24, 2.45) is 7.05 Å². The molecule has 0 aliphatic heterocycles. The average Bonchev–Trinajstić information content (AvgIpc) is 2.64. The van der Waals surface area contributed by atoms with Gasteiger partial charge in [0.1, 0.15) is 5.82 Å². The van der Waals surface area contributed by atoms with Gasteiger partial charge >= 0.3 is 5.97 Å². The average molecular weight is 260 g/mol. The van der Waals surface area contributed by atoms with Crippen molar-refractivity contribution in [3.05, 3.63) is 29.6 Å². The Balaban J connectivity index is 2.52. The Morgan fingerprint density at radius 3 is 2.68 bits per heavy atom. The number of fused-ring (bicyclic) bond motifs is 1. The highest BCUT2D eigenvalue weighted by Gasteiger charge is 2.24. The van der Waals surface area contributed by atoms with Gasteiger partial charge in [-0.05, 0) is 17.7 Å². The van der Waals surface area contributed by atoms with Crippen LogP contribution in [0, 0.1) is 0 Å². The van der Waals surface area contributed by atoms with Crippen molar-refractivity contribution < 1.29 is 9.90 Å². The molecule has 0 saturated heterocycles. The van der Waals surface area contributed by atoms with Crippen LogP contribution in [0.3, 0.4) is 0 Å². The van der Waals surface area contributed by atoms with Crippen LogP contribution >= 0.6 is 0 Å². The fourth-order valence-corrected chi connectivity index (χ4v) is 2.46. The second-order valence-electron chi connectivity index (χ2n) is 5.60. The number of aryl methyl sites for hydroxylation is 2. The first-order valence-corrected chi connectivity index (χ1v) is 6.53. The summed E-state index contributed by atoms with van der Waals surface area (Å²) in [4.78, 5) is 15.5. The molecule has 4 nitrogen and oxygen atoms in total. The number of carboxylic acids is 1. The van der Waals surface area contributed by atoms with Crippen molar-refractivity contribution in [3.8, 4) is 0 Å². The molecule has 0 bridgehead atoms. The molecule has 0 aliphatic rings. The van der Waals surface area contributed by atoms with Crippen LogP contribution in [0.1, 0.15) is 38.6 Å². The fraction of sp³-hybridized carbons (Fsp3) is 0.467. The SMILES string of the molecule is CCc1nc2ccc(C(C)(C)CC(=O)O)cc2n1C. The number of aliphatic carboxylic acids is 1. The Morgan fingerprint density at radius 1 is 1.42 bits per heavy atom. The highest BCUT2D eigenvalue weighted by Crippen LogP contribution is 2.29. The summed E-state index contributed by atoms with van der Waals surface area (Å²) < 4.78 is 2.08. The first kappa shape index (κ1) is 13.6. The highest BCUT2D eigenvalue weighted by molar-refractivity contribution is 5.78. The van der Waals surface area contributed by atoms with Gasteiger partial charge in [0, 0.05) is 18.9 Å². The molecule has 0 aliphatic carbocycles. The van der Waals surface area contributed by atoms with E-state index in [-0.39, 0.29) is 11.8 Å². The summed E-state index contributed by atoms with van der Waals surface area (Å²) >= 11 is 0. The van der Waals surface area contributed by atoms with E-state index in [0.29, 0.717) is 0 Å². The smallest absolute Gasteiger partial charge is 0.304 e.